The van der Waals surface area contributed by atoms with Gasteiger partial charge in [0.2, 0.25) is 5.91 Å². The fraction of sp³-hybridized carbons (Fsp3) is 0.923. The molecule has 2 atom stereocenters. The van der Waals surface area contributed by atoms with Crippen molar-refractivity contribution in [2.45, 2.75) is 44.9 Å². The summed E-state index contributed by atoms with van der Waals surface area (Å²) in [6.45, 7) is 7.21. The third-order valence-electron chi connectivity index (χ3n) is 3.41. The van der Waals surface area contributed by atoms with E-state index in [0.29, 0.717) is 12.6 Å². The van der Waals surface area contributed by atoms with Gasteiger partial charge in [0, 0.05) is 25.7 Å². The smallest absolute Gasteiger partial charge is 0.248 e. The van der Waals surface area contributed by atoms with E-state index in [9.17, 15) is 4.79 Å². The van der Waals surface area contributed by atoms with Crippen molar-refractivity contribution < 1.29 is 14.3 Å². The molecule has 1 aliphatic carbocycles. The highest BCUT2D eigenvalue weighted by Gasteiger charge is 2.31. The van der Waals surface area contributed by atoms with Crippen molar-refractivity contribution in [3.05, 3.63) is 0 Å². The summed E-state index contributed by atoms with van der Waals surface area (Å²) in [4.78, 5) is 13.8. The molecule has 18 heavy (non-hydrogen) atoms. The van der Waals surface area contributed by atoms with Crippen molar-refractivity contribution in [2.24, 2.45) is 0 Å². The summed E-state index contributed by atoms with van der Waals surface area (Å²) in [5.74, 6) is 0.108. The number of nitrogens with one attached hydrogen (secondary N) is 1. The molecule has 0 radical (unpaired) electrons. The number of hydrogen-bond acceptors (Lipinski definition) is 4. The number of ether oxygens (including phenoxy) is 2. The predicted molar refractivity (Wildman–Crippen MR) is 68.4 cm³/mol. The summed E-state index contributed by atoms with van der Waals surface area (Å²) in [7, 11) is 0. The summed E-state index contributed by atoms with van der Waals surface area (Å²) in [5, 5.41) is 3.28. The molecule has 1 aliphatic heterocycles. The molecule has 2 aliphatic rings. The van der Waals surface area contributed by atoms with Crippen molar-refractivity contribution in [1.82, 2.24) is 10.2 Å². The zero-order chi connectivity index (χ0) is 13.0. The zero-order valence-electron chi connectivity index (χ0n) is 11.4. The summed E-state index contributed by atoms with van der Waals surface area (Å²) < 4.78 is 11.2. The van der Waals surface area contributed by atoms with Crippen molar-refractivity contribution in [2.75, 3.05) is 32.8 Å². The van der Waals surface area contributed by atoms with Gasteiger partial charge >= 0.3 is 0 Å². The molecule has 1 saturated heterocycles. The Labute approximate surface area is 109 Å². The normalized spacial score (nSPS) is 28.1. The van der Waals surface area contributed by atoms with E-state index in [4.69, 9.17) is 9.47 Å². The molecule has 0 aromatic carbocycles. The van der Waals surface area contributed by atoms with Crippen LogP contribution in [0.5, 0.6) is 0 Å². The molecular weight excluding hydrogens is 232 g/mol. The Kier molecular flexibility index (Phi) is 4.97. The van der Waals surface area contributed by atoms with Crippen LogP contribution in [0.4, 0.5) is 0 Å². The van der Waals surface area contributed by atoms with Crippen LogP contribution in [0.3, 0.4) is 0 Å². The third-order valence-corrected chi connectivity index (χ3v) is 3.41. The SMILES string of the molecule is CCN(C(=O)COCC1CNCC(C)O1)C1CC1. The van der Waals surface area contributed by atoms with Gasteiger partial charge < -0.3 is 19.7 Å². The highest BCUT2D eigenvalue weighted by Crippen LogP contribution is 2.26. The lowest BCUT2D eigenvalue weighted by Crippen LogP contribution is -2.46. The summed E-state index contributed by atoms with van der Waals surface area (Å²) in [6.07, 6.45) is 2.58. The molecule has 2 unspecified atom stereocenters. The maximum atomic E-state index is 11.9. The van der Waals surface area contributed by atoms with E-state index < -0.39 is 0 Å². The van der Waals surface area contributed by atoms with Crippen molar-refractivity contribution >= 4 is 5.91 Å². The zero-order valence-corrected chi connectivity index (χ0v) is 11.4. The molecule has 1 amide bonds. The molecule has 2 fully saturated rings. The fourth-order valence-corrected chi connectivity index (χ4v) is 2.36. The number of rotatable bonds is 6. The van der Waals surface area contributed by atoms with Crippen LogP contribution in [0, 0.1) is 0 Å². The molecule has 5 nitrogen and oxygen atoms in total. The summed E-state index contributed by atoms with van der Waals surface area (Å²) >= 11 is 0. The standard InChI is InChI=1S/C13H24N2O3/c1-3-15(11-4-5-11)13(16)9-17-8-12-7-14-6-10(2)18-12/h10-12,14H,3-9H2,1-2H3. The summed E-state index contributed by atoms with van der Waals surface area (Å²) in [6, 6.07) is 0.471. The second kappa shape index (κ2) is 6.50. The van der Waals surface area contributed by atoms with E-state index in [1.165, 1.54) is 0 Å². The van der Waals surface area contributed by atoms with Crippen molar-refractivity contribution in [3.8, 4) is 0 Å². The molecule has 0 aromatic heterocycles. The first-order valence-electron chi connectivity index (χ1n) is 6.94. The molecule has 0 bridgehead atoms. The molecule has 5 heteroatoms. The largest absolute Gasteiger partial charge is 0.370 e. The van der Waals surface area contributed by atoms with Crippen molar-refractivity contribution in [3.63, 3.8) is 0 Å². The fourth-order valence-electron chi connectivity index (χ4n) is 2.36. The van der Waals surface area contributed by atoms with Crippen LogP contribution in [0.2, 0.25) is 0 Å². The van der Waals surface area contributed by atoms with Gasteiger partial charge in [-0.1, -0.05) is 0 Å². The molecule has 0 spiro atoms. The Bertz CT molecular complexity index is 281. The number of amides is 1. The van der Waals surface area contributed by atoms with E-state index in [0.717, 1.165) is 32.5 Å². The predicted octanol–water partition coefficient (Wildman–Crippen LogP) is 0.391. The topological polar surface area (TPSA) is 50.8 Å². The van der Waals surface area contributed by atoms with E-state index in [2.05, 4.69) is 5.32 Å². The molecule has 1 N–H and O–H groups in total. The van der Waals surface area contributed by atoms with Gasteiger partial charge in [0.15, 0.2) is 0 Å². The van der Waals surface area contributed by atoms with Crippen LogP contribution in [-0.4, -0.2) is 61.9 Å². The lowest BCUT2D eigenvalue weighted by atomic mass is 10.2. The van der Waals surface area contributed by atoms with Gasteiger partial charge in [0.05, 0.1) is 18.8 Å². The first-order chi connectivity index (χ1) is 8.70. The molecule has 2 rings (SSSR count). The minimum absolute atomic E-state index is 0.0672. The molecular formula is C13H24N2O3. The molecule has 1 heterocycles. The van der Waals surface area contributed by atoms with Gasteiger partial charge in [-0.15, -0.1) is 0 Å². The van der Waals surface area contributed by atoms with Crippen LogP contribution in [0.15, 0.2) is 0 Å². The highest BCUT2D eigenvalue weighted by molar-refractivity contribution is 5.78. The maximum Gasteiger partial charge on any atom is 0.248 e. The first kappa shape index (κ1) is 13.8. The van der Waals surface area contributed by atoms with Gasteiger partial charge in [0.25, 0.3) is 0 Å². The molecule has 0 aromatic rings. The number of likely N-dealkylation sites (N-methyl/N-ethyl adjacent to an activating group) is 1. The lowest BCUT2D eigenvalue weighted by Gasteiger charge is -2.28. The number of hydrogen-bond donors (Lipinski definition) is 1. The molecule has 104 valence electrons. The minimum atomic E-state index is 0.0672. The molecule has 1 saturated carbocycles. The number of nitrogens with zero attached hydrogens (tertiary/aromatic N) is 1. The van der Waals surface area contributed by atoms with Crippen LogP contribution >= 0.6 is 0 Å². The van der Waals surface area contributed by atoms with Gasteiger partial charge in [-0.3, -0.25) is 4.79 Å². The van der Waals surface area contributed by atoms with Gasteiger partial charge in [-0.2, -0.15) is 0 Å². The second-order valence-corrected chi connectivity index (χ2v) is 5.15. The minimum Gasteiger partial charge on any atom is -0.370 e. The Morgan fingerprint density at radius 2 is 2.22 bits per heavy atom. The Balaban J connectivity index is 1.63. The van der Waals surface area contributed by atoms with Crippen LogP contribution < -0.4 is 5.32 Å². The Morgan fingerprint density at radius 1 is 1.44 bits per heavy atom. The number of carbonyl (C=O) groups excluding carboxylic acids is 1. The van der Waals surface area contributed by atoms with Gasteiger partial charge in [0.1, 0.15) is 6.61 Å². The van der Waals surface area contributed by atoms with Gasteiger partial charge in [-0.25, -0.2) is 0 Å². The van der Waals surface area contributed by atoms with E-state index in [-0.39, 0.29) is 24.7 Å². The number of morpholine rings is 1. The quantitative estimate of drug-likeness (QED) is 0.747. The third kappa shape index (κ3) is 3.93. The van der Waals surface area contributed by atoms with Crippen molar-refractivity contribution in [1.29, 1.82) is 0 Å². The van der Waals surface area contributed by atoms with E-state index >= 15 is 0 Å². The second-order valence-electron chi connectivity index (χ2n) is 5.15. The first-order valence-corrected chi connectivity index (χ1v) is 6.94. The Hall–Kier alpha value is -0.650. The maximum absolute atomic E-state index is 11.9. The van der Waals surface area contributed by atoms with E-state index in [1.807, 2.05) is 18.7 Å². The number of carbonyl (C=O) groups is 1. The Morgan fingerprint density at radius 3 is 2.83 bits per heavy atom. The van der Waals surface area contributed by atoms with Crippen LogP contribution in [-0.2, 0) is 14.3 Å². The highest BCUT2D eigenvalue weighted by atomic mass is 16.5. The summed E-state index contributed by atoms with van der Waals surface area (Å²) in [5.41, 5.74) is 0. The van der Waals surface area contributed by atoms with E-state index in [1.54, 1.807) is 0 Å². The average Bonchev–Trinajstić information content (AvgIpc) is 3.14. The monoisotopic (exact) mass is 256 g/mol. The van der Waals surface area contributed by atoms with Crippen LogP contribution in [0.1, 0.15) is 26.7 Å². The van der Waals surface area contributed by atoms with Crippen LogP contribution in [0.25, 0.3) is 0 Å². The average molecular weight is 256 g/mol. The van der Waals surface area contributed by atoms with Gasteiger partial charge in [-0.05, 0) is 26.7 Å². The lowest BCUT2D eigenvalue weighted by molar-refractivity contribution is -0.139.